The quantitative estimate of drug-likeness (QED) is 0.162. The van der Waals surface area contributed by atoms with E-state index >= 15 is 0 Å². The van der Waals surface area contributed by atoms with Gasteiger partial charge in [-0.15, -0.1) is 0 Å². The van der Waals surface area contributed by atoms with Gasteiger partial charge in [0.15, 0.2) is 9.84 Å². The lowest BCUT2D eigenvalue weighted by molar-refractivity contribution is -0.135. The number of halogens is 2. The number of imidazole rings is 1. The Morgan fingerprint density at radius 2 is 1.67 bits per heavy atom. The molecule has 0 saturated heterocycles. The van der Waals surface area contributed by atoms with Crippen LogP contribution in [-0.2, 0) is 34.0 Å². The number of aliphatic hydroxyl groups is 1. The molecule has 3 rings (SSSR count). The number of sulfone groups is 1. The first kappa shape index (κ1) is 36.8. The predicted octanol–water partition coefficient (Wildman–Crippen LogP) is 3.69. The van der Waals surface area contributed by atoms with Crippen molar-refractivity contribution < 1.29 is 31.9 Å². The van der Waals surface area contributed by atoms with Crippen LogP contribution in [-0.4, -0.2) is 75.9 Å². The average molecular weight is 662 g/mol. The highest BCUT2D eigenvalue weighted by Crippen LogP contribution is 2.19. The van der Waals surface area contributed by atoms with Crippen LogP contribution in [0.3, 0.4) is 0 Å². The number of rotatable bonds is 18. The van der Waals surface area contributed by atoms with E-state index in [1.165, 1.54) is 17.4 Å². The summed E-state index contributed by atoms with van der Waals surface area (Å²) < 4.78 is 54.9. The largest absolute Gasteiger partial charge is 0.390 e. The lowest BCUT2D eigenvalue weighted by Gasteiger charge is -2.32. The van der Waals surface area contributed by atoms with Crippen LogP contribution in [0.5, 0.6) is 0 Å². The standard InChI is InChI=1S/C33H45F2N5O5S/c1-4-8-27(9-5-2)46(44,45)20-30(39-32(42)29-17-37-21-38-29)33(43)40(18-23-11-7-10-22(6-3)12-23)19-31(41)28(36)15-24-13-25(34)16-26(35)14-24/h7,10-14,16-17,21,27-28,30-31,41H,4-6,8-9,15,18-20,36H2,1-3H3,(H,37,38)(H,39,42)/t28-,30?,31+/m0/s1. The second-order valence-corrected chi connectivity index (χ2v) is 14.0. The van der Waals surface area contributed by atoms with Gasteiger partial charge in [0.25, 0.3) is 5.91 Å². The topological polar surface area (TPSA) is 158 Å². The molecule has 13 heteroatoms. The number of hydrogen-bond acceptors (Lipinski definition) is 7. The van der Waals surface area contributed by atoms with Crippen LogP contribution in [0.2, 0.25) is 0 Å². The van der Waals surface area contributed by atoms with Gasteiger partial charge < -0.3 is 26.0 Å². The third-order valence-electron chi connectivity index (χ3n) is 7.85. The minimum atomic E-state index is -3.86. The Labute approximate surface area is 269 Å². The number of aliphatic hydroxyl groups excluding tert-OH is 1. The molecule has 5 N–H and O–H groups in total. The lowest BCUT2D eigenvalue weighted by Crippen LogP contribution is -2.55. The predicted molar refractivity (Wildman–Crippen MR) is 173 cm³/mol. The number of nitrogens with zero attached hydrogens (tertiary/aromatic N) is 2. The Kier molecular flexibility index (Phi) is 13.8. The summed E-state index contributed by atoms with van der Waals surface area (Å²) in [7, 11) is -3.86. The molecule has 1 heterocycles. The second-order valence-electron chi connectivity index (χ2n) is 11.6. The van der Waals surface area contributed by atoms with E-state index in [2.05, 4.69) is 15.3 Å². The molecule has 252 valence electrons. The number of hydrogen-bond donors (Lipinski definition) is 4. The fourth-order valence-electron chi connectivity index (χ4n) is 5.43. The second kappa shape index (κ2) is 17.3. The van der Waals surface area contributed by atoms with Crippen molar-refractivity contribution in [3.63, 3.8) is 0 Å². The Morgan fingerprint density at radius 3 is 2.26 bits per heavy atom. The average Bonchev–Trinajstić information content (AvgIpc) is 3.55. The Bertz CT molecular complexity index is 1510. The highest BCUT2D eigenvalue weighted by atomic mass is 32.2. The summed E-state index contributed by atoms with van der Waals surface area (Å²) in [4.78, 5) is 35.2. The van der Waals surface area contributed by atoms with Gasteiger partial charge in [-0.05, 0) is 54.5 Å². The van der Waals surface area contributed by atoms with Crippen LogP contribution in [0.25, 0.3) is 0 Å². The Balaban J connectivity index is 1.96. The van der Waals surface area contributed by atoms with Crippen molar-refractivity contribution in [2.75, 3.05) is 12.3 Å². The summed E-state index contributed by atoms with van der Waals surface area (Å²) in [5.74, 6) is -3.66. The van der Waals surface area contributed by atoms with Gasteiger partial charge in [-0.2, -0.15) is 0 Å². The maximum absolute atomic E-state index is 14.3. The summed E-state index contributed by atoms with van der Waals surface area (Å²) in [5, 5.41) is 13.1. The van der Waals surface area contributed by atoms with Crippen LogP contribution >= 0.6 is 0 Å². The number of amides is 2. The number of nitrogens with one attached hydrogen (secondary N) is 2. The number of aromatic nitrogens is 2. The van der Waals surface area contributed by atoms with E-state index in [9.17, 15) is 31.9 Å². The summed E-state index contributed by atoms with van der Waals surface area (Å²) in [6.45, 7) is 5.40. The van der Waals surface area contributed by atoms with E-state index in [4.69, 9.17) is 5.73 Å². The van der Waals surface area contributed by atoms with Crippen molar-refractivity contribution >= 4 is 21.7 Å². The highest BCUT2D eigenvalue weighted by molar-refractivity contribution is 7.92. The molecular formula is C33H45F2N5O5S. The van der Waals surface area contributed by atoms with Crippen LogP contribution in [0.1, 0.15) is 73.6 Å². The van der Waals surface area contributed by atoms with E-state index in [1.807, 2.05) is 39.0 Å². The van der Waals surface area contributed by atoms with Crippen molar-refractivity contribution in [1.82, 2.24) is 20.2 Å². The number of carbonyl (C=O) groups is 2. The monoisotopic (exact) mass is 661 g/mol. The van der Waals surface area contributed by atoms with Crippen molar-refractivity contribution in [3.05, 3.63) is 89.0 Å². The summed E-state index contributed by atoms with van der Waals surface area (Å²) in [5.41, 5.74) is 8.25. The molecule has 2 aromatic carbocycles. The summed E-state index contributed by atoms with van der Waals surface area (Å²) in [6, 6.07) is 7.90. The molecule has 0 aliphatic rings. The molecule has 2 amide bonds. The number of benzene rings is 2. The molecule has 0 bridgehead atoms. The first-order valence-electron chi connectivity index (χ1n) is 15.6. The molecule has 46 heavy (non-hydrogen) atoms. The number of aromatic amines is 1. The molecule has 0 saturated carbocycles. The first-order chi connectivity index (χ1) is 21.9. The molecule has 0 fully saturated rings. The molecule has 10 nitrogen and oxygen atoms in total. The SMILES string of the molecule is CCCC(CCC)S(=O)(=O)CC(NC(=O)c1cnc[nH]1)C(=O)N(Cc1cccc(CC)c1)C[C@@H](O)[C@@H](N)Cc1cc(F)cc(F)c1. The van der Waals surface area contributed by atoms with E-state index in [1.54, 1.807) is 6.07 Å². The van der Waals surface area contributed by atoms with Crippen LogP contribution < -0.4 is 11.1 Å². The third kappa shape index (κ3) is 10.7. The normalized spacial score (nSPS) is 13.7. The van der Waals surface area contributed by atoms with Gasteiger partial charge in [0.1, 0.15) is 23.4 Å². The lowest BCUT2D eigenvalue weighted by atomic mass is 10.0. The third-order valence-corrected chi connectivity index (χ3v) is 10.1. The molecule has 1 aromatic heterocycles. The van der Waals surface area contributed by atoms with Crippen molar-refractivity contribution in [1.29, 1.82) is 0 Å². The van der Waals surface area contributed by atoms with Crippen LogP contribution in [0.15, 0.2) is 55.0 Å². The Morgan fingerprint density at radius 1 is 1.02 bits per heavy atom. The number of H-pyrrole nitrogens is 1. The fourth-order valence-corrected chi connectivity index (χ4v) is 7.58. The zero-order valence-corrected chi connectivity index (χ0v) is 27.4. The Hall–Kier alpha value is -3.68. The molecule has 0 aliphatic carbocycles. The number of carbonyl (C=O) groups excluding carboxylic acids is 2. The molecule has 0 aliphatic heterocycles. The highest BCUT2D eigenvalue weighted by Gasteiger charge is 2.36. The maximum atomic E-state index is 14.3. The molecule has 3 aromatic rings. The van der Waals surface area contributed by atoms with Gasteiger partial charge in [-0.25, -0.2) is 22.2 Å². The van der Waals surface area contributed by atoms with Gasteiger partial charge >= 0.3 is 0 Å². The molecule has 3 atom stereocenters. The van der Waals surface area contributed by atoms with E-state index < -0.39 is 62.5 Å². The van der Waals surface area contributed by atoms with Crippen molar-refractivity contribution in [2.45, 2.75) is 89.3 Å². The van der Waals surface area contributed by atoms with Gasteiger partial charge in [-0.3, -0.25) is 9.59 Å². The smallest absolute Gasteiger partial charge is 0.270 e. The van der Waals surface area contributed by atoms with E-state index in [0.29, 0.717) is 25.7 Å². The molecule has 1 unspecified atom stereocenters. The minimum absolute atomic E-state index is 0.0190. The van der Waals surface area contributed by atoms with Gasteiger partial charge in [0.05, 0.1) is 29.6 Å². The van der Waals surface area contributed by atoms with Crippen molar-refractivity contribution in [2.24, 2.45) is 5.73 Å². The first-order valence-corrected chi connectivity index (χ1v) is 17.3. The van der Waals surface area contributed by atoms with Crippen LogP contribution in [0.4, 0.5) is 8.78 Å². The van der Waals surface area contributed by atoms with E-state index in [0.717, 1.165) is 35.7 Å². The number of nitrogens with two attached hydrogens (primary N) is 1. The molecule has 0 spiro atoms. The van der Waals surface area contributed by atoms with Crippen LogP contribution in [0, 0.1) is 11.6 Å². The van der Waals surface area contributed by atoms with Gasteiger partial charge in [-0.1, -0.05) is 57.9 Å². The van der Waals surface area contributed by atoms with E-state index in [-0.39, 0.29) is 30.8 Å². The van der Waals surface area contributed by atoms with Gasteiger partial charge in [0.2, 0.25) is 5.91 Å². The number of aryl methyl sites for hydroxylation is 1. The van der Waals surface area contributed by atoms with Crippen molar-refractivity contribution in [3.8, 4) is 0 Å². The summed E-state index contributed by atoms with van der Waals surface area (Å²) >= 11 is 0. The minimum Gasteiger partial charge on any atom is -0.390 e. The van der Waals surface area contributed by atoms with Gasteiger partial charge in [0, 0.05) is 25.2 Å². The zero-order valence-electron chi connectivity index (χ0n) is 26.6. The maximum Gasteiger partial charge on any atom is 0.270 e. The summed E-state index contributed by atoms with van der Waals surface area (Å²) in [6.07, 6.45) is 3.90. The molecule has 0 radical (unpaired) electrons. The fraction of sp³-hybridized carbons (Fsp3) is 0.485. The zero-order chi connectivity index (χ0) is 33.9. The molecular weight excluding hydrogens is 616 g/mol.